The maximum atomic E-state index is 13.6. The average molecular weight is 476 g/mol. The second-order valence-corrected chi connectivity index (χ2v) is 8.67. The summed E-state index contributed by atoms with van der Waals surface area (Å²) in [6.07, 6.45) is 1.75. The number of nitrogens with zero attached hydrogens (tertiary/aromatic N) is 2. The van der Waals surface area contributed by atoms with Crippen LogP contribution in [0.1, 0.15) is 27.1 Å². The molecule has 5 rings (SSSR count). The van der Waals surface area contributed by atoms with Crippen LogP contribution in [0.4, 0.5) is 0 Å². The van der Waals surface area contributed by atoms with E-state index in [1.165, 1.54) is 11.8 Å². The Bertz CT molecular complexity index is 1400. The van der Waals surface area contributed by atoms with Gasteiger partial charge in [-0.3, -0.25) is 4.79 Å². The van der Waals surface area contributed by atoms with Crippen molar-refractivity contribution >= 4 is 40.0 Å². The summed E-state index contributed by atoms with van der Waals surface area (Å²) in [6.45, 7) is 0.0731. The summed E-state index contributed by atoms with van der Waals surface area (Å²) in [7, 11) is 0. The van der Waals surface area contributed by atoms with E-state index in [-0.39, 0.29) is 17.6 Å². The van der Waals surface area contributed by atoms with Crippen LogP contribution in [0, 0.1) is 0 Å². The molecule has 0 spiro atoms. The van der Waals surface area contributed by atoms with Crippen LogP contribution in [0.3, 0.4) is 0 Å². The predicted octanol–water partition coefficient (Wildman–Crippen LogP) is 6.50. The minimum absolute atomic E-state index is 0.0456. The number of ether oxygens (including phenoxy) is 1. The van der Waals surface area contributed by atoms with Crippen LogP contribution >= 0.6 is 23.4 Å². The van der Waals surface area contributed by atoms with Crippen molar-refractivity contribution in [2.75, 3.05) is 0 Å². The zero-order valence-corrected chi connectivity index (χ0v) is 18.8. The third-order valence-electron chi connectivity index (χ3n) is 5.05. The minimum atomic E-state index is -0.553. The number of carbonyl (C=O) groups is 1. The molecule has 5 aromatic rings. The van der Waals surface area contributed by atoms with Crippen LogP contribution in [0.25, 0.3) is 10.9 Å². The number of aromatic nitrogens is 3. The van der Waals surface area contributed by atoms with Crippen molar-refractivity contribution in [1.29, 1.82) is 0 Å². The van der Waals surface area contributed by atoms with Crippen molar-refractivity contribution in [3.05, 3.63) is 107 Å². The number of aromatic amines is 1. The molecule has 0 radical (unpaired) electrons. The zero-order valence-electron chi connectivity index (χ0n) is 17.3. The van der Waals surface area contributed by atoms with Crippen LogP contribution in [0.5, 0.6) is 5.75 Å². The molecule has 33 heavy (non-hydrogen) atoms. The Morgan fingerprint density at radius 2 is 1.76 bits per heavy atom. The molecule has 0 saturated heterocycles. The molecule has 1 unspecified atom stereocenters. The van der Waals surface area contributed by atoms with Gasteiger partial charge in [-0.05, 0) is 35.5 Å². The monoisotopic (exact) mass is 475 g/mol. The summed E-state index contributed by atoms with van der Waals surface area (Å²) in [5, 5.41) is 9.28. The SMILES string of the molecule is O=C(c1c[nH]c2ccccc12)C(Sc1nnc(COc2ccccc2Cl)o1)c1ccccc1. The largest absolute Gasteiger partial charge is 0.482 e. The third-order valence-corrected chi connectivity index (χ3v) is 6.45. The van der Waals surface area contributed by atoms with E-state index < -0.39 is 5.25 Å². The van der Waals surface area contributed by atoms with Crippen molar-refractivity contribution in [3.8, 4) is 5.75 Å². The molecule has 2 heterocycles. The minimum Gasteiger partial charge on any atom is -0.482 e. The van der Waals surface area contributed by atoms with Gasteiger partial charge in [-0.2, -0.15) is 0 Å². The Hall–Kier alpha value is -3.55. The molecule has 164 valence electrons. The number of carbonyl (C=O) groups excluding carboxylic acids is 1. The molecule has 0 fully saturated rings. The molecule has 0 aliphatic carbocycles. The molecular weight excluding hydrogens is 458 g/mol. The van der Waals surface area contributed by atoms with Crippen LogP contribution in [-0.4, -0.2) is 21.0 Å². The van der Waals surface area contributed by atoms with Gasteiger partial charge in [-0.1, -0.05) is 72.3 Å². The van der Waals surface area contributed by atoms with E-state index in [0.29, 0.717) is 22.2 Å². The van der Waals surface area contributed by atoms with Gasteiger partial charge in [0.25, 0.3) is 11.1 Å². The highest BCUT2D eigenvalue weighted by molar-refractivity contribution is 8.00. The number of hydrogen-bond donors (Lipinski definition) is 1. The molecule has 0 bridgehead atoms. The van der Waals surface area contributed by atoms with Crippen LogP contribution < -0.4 is 4.74 Å². The van der Waals surface area contributed by atoms with Gasteiger partial charge in [-0.15, -0.1) is 10.2 Å². The van der Waals surface area contributed by atoms with Gasteiger partial charge >= 0.3 is 0 Å². The molecule has 1 N–H and O–H groups in total. The number of para-hydroxylation sites is 2. The first-order valence-corrected chi connectivity index (χ1v) is 11.5. The first-order valence-electron chi connectivity index (χ1n) is 10.2. The normalized spacial score (nSPS) is 12.0. The molecular formula is C25H18ClN3O3S. The average Bonchev–Trinajstić information content (AvgIpc) is 3.49. The summed E-state index contributed by atoms with van der Waals surface area (Å²) >= 11 is 7.34. The second kappa shape index (κ2) is 9.52. The van der Waals surface area contributed by atoms with Gasteiger partial charge in [0.15, 0.2) is 12.4 Å². The Labute approximate surface area is 198 Å². The number of H-pyrrole nitrogens is 1. The van der Waals surface area contributed by atoms with E-state index in [0.717, 1.165) is 16.5 Å². The zero-order chi connectivity index (χ0) is 22.6. The molecule has 0 amide bonds. The first-order chi connectivity index (χ1) is 16.2. The van der Waals surface area contributed by atoms with Gasteiger partial charge in [-0.25, -0.2) is 0 Å². The summed E-state index contributed by atoms with van der Waals surface area (Å²) in [5.41, 5.74) is 2.38. The number of benzene rings is 3. The van der Waals surface area contributed by atoms with Crippen LogP contribution in [0.15, 0.2) is 94.7 Å². The van der Waals surface area contributed by atoms with Crippen molar-refractivity contribution in [2.24, 2.45) is 0 Å². The molecule has 0 saturated carbocycles. The molecule has 2 aromatic heterocycles. The van der Waals surface area contributed by atoms with E-state index in [1.807, 2.05) is 66.7 Å². The third kappa shape index (κ3) is 4.65. The summed E-state index contributed by atoms with van der Waals surface area (Å²) in [5.74, 6) is 0.780. The number of ketones is 1. The van der Waals surface area contributed by atoms with Crippen molar-refractivity contribution in [3.63, 3.8) is 0 Å². The molecule has 0 aliphatic heterocycles. The second-order valence-electron chi connectivity index (χ2n) is 7.20. The highest BCUT2D eigenvalue weighted by Gasteiger charge is 2.27. The lowest BCUT2D eigenvalue weighted by Gasteiger charge is -2.13. The number of halogens is 1. The molecule has 8 heteroatoms. The number of fused-ring (bicyclic) bond motifs is 1. The number of hydrogen-bond acceptors (Lipinski definition) is 6. The Morgan fingerprint density at radius 3 is 2.61 bits per heavy atom. The number of Topliss-reactive ketones (excluding diaryl/α,β-unsaturated/α-hetero) is 1. The smallest absolute Gasteiger partial charge is 0.277 e. The number of rotatable bonds is 8. The lowest BCUT2D eigenvalue weighted by Crippen LogP contribution is -2.09. The molecule has 0 aliphatic rings. The Kier molecular flexibility index (Phi) is 6.15. The summed E-state index contributed by atoms with van der Waals surface area (Å²) in [6, 6.07) is 24.5. The lowest BCUT2D eigenvalue weighted by molar-refractivity contribution is 0.0990. The maximum Gasteiger partial charge on any atom is 0.277 e. The fraction of sp³-hybridized carbons (Fsp3) is 0.0800. The number of nitrogens with one attached hydrogen (secondary N) is 1. The maximum absolute atomic E-state index is 13.6. The van der Waals surface area contributed by atoms with Gasteiger partial charge < -0.3 is 14.1 Å². The van der Waals surface area contributed by atoms with Gasteiger partial charge in [0.1, 0.15) is 11.0 Å². The van der Waals surface area contributed by atoms with Crippen molar-refractivity contribution in [2.45, 2.75) is 17.1 Å². The van der Waals surface area contributed by atoms with Crippen LogP contribution in [0.2, 0.25) is 5.02 Å². The predicted molar refractivity (Wildman–Crippen MR) is 128 cm³/mol. The summed E-state index contributed by atoms with van der Waals surface area (Å²) in [4.78, 5) is 16.8. The Balaban J connectivity index is 1.38. The van der Waals surface area contributed by atoms with E-state index in [2.05, 4.69) is 15.2 Å². The lowest BCUT2D eigenvalue weighted by atomic mass is 10.0. The highest BCUT2D eigenvalue weighted by Crippen LogP contribution is 2.38. The van der Waals surface area contributed by atoms with E-state index in [4.69, 9.17) is 20.8 Å². The van der Waals surface area contributed by atoms with Gasteiger partial charge in [0.2, 0.25) is 0 Å². The van der Waals surface area contributed by atoms with Gasteiger partial charge in [0.05, 0.1) is 5.02 Å². The Morgan fingerprint density at radius 1 is 1.00 bits per heavy atom. The van der Waals surface area contributed by atoms with Crippen LogP contribution in [-0.2, 0) is 6.61 Å². The quantitative estimate of drug-likeness (QED) is 0.204. The fourth-order valence-electron chi connectivity index (χ4n) is 3.46. The van der Waals surface area contributed by atoms with E-state index in [1.54, 1.807) is 18.3 Å². The van der Waals surface area contributed by atoms with E-state index >= 15 is 0 Å². The first kappa shape index (κ1) is 21.3. The molecule has 3 aromatic carbocycles. The highest BCUT2D eigenvalue weighted by atomic mass is 35.5. The van der Waals surface area contributed by atoms with Crippen molar-refractivity contribution < 1.29 is 13.9 Å². The fourth-order valence-corrected chi connectivity index (χ4v) is 4.62. The van der Waals surface area contributed by atoms with Gasteiger partial charge in [0, 0.05) is 22.7 Å². The topological polar surface area (TPSA) is 81.0 Å². The molecule has 6 nitrogen and oxygen atoms in total. The molecule has 1 atom stereocenters. The summed E-state index contributed by atoms with van der Waals surface area (Å²) < 4.78 is 11.4. The standard InChI is InChI=1S/C25H18ClN3O3S/c26-19-11-5-7-13-21(19)31-15-22-28-29-25(32-22)33-24(16-8-2-1-3-9-16)23(30)18-14-27-20-12-6-4-10-17(18)20/h1-14,24,27H,15H2. The number of thioether (sulfide) groups is 1. The van der Waals surface area contributed by atoms with Crippen molar-refractivity contribution in [1.82, 2.24) is 15.2 Å². The van der Waals surface area contributed by atoms with E-state index in [9.17, 15) is 4.79 Å².